The molecule has 1 atom stereocenters. The zero-order valence-corrected chi connectivity index (χ0v) is 29.6. The van der Waals surface area contributed by atoms with Gasteiger partial charge >= 0.3 is 5.97 Å². The van der Waals surface area contributed by atoms with Crippen LogP contribution in [-0.2, 0) is 16.0 Å². The summed E-state index contributed by atoms with van der Waals surface area (Å²) in [6.45, 7) is 14.6. The first-order chi connectivity index (χ1) is 22.7. The zero-order chi connectivity index (χ0) is 34.6. The molecule has 4 aromatic rings. The number of ether oxygens (including phenoxy) is 1. The number of phenols is 1. The van der Waals surface area contributed by atoms with Crippen molar-refractivity contribution in [1.82, 2.24) is 0 Å². The van der Waals surface area contributed by atoms with Crippen LogP contribution in [0.3, 0.4) is 0 Å². The molecule has 0 heterocycles. The van der Waals surface area contributed by atoms with Crippen molar-refractivity contribution in [2.75, 3.05) is 5.32 Å². The lowest BCUT2D eigenvalue weighted by Crippen LogP contribution is -2.25. The zero-order valence-electron chi connectivity index (χ0n) is 29.6. The summed E-state index contributed by atoms with van der Waals surface area (Å²) in [7, 11) is 0. The summed E-state index contributed by atoms with van der Waals surface area (Å²) in [6.07, 6.45) is 5.40. The Morgan fingerprint density at radius 2 is 1.44 bits per heavy atom. The predicted octanol–water partition coefficient (Wildman–Crippen LogP) is 10.6. The van der Waals surface area contributed by atoms with Gasteiger partial charge in [0.1, 0.15) is 11.4 Å². The fourth-order valence-electron chi connectivity index (χ4n) is 6.94. The van der Waals surface area contributed by atoms with E-state index in [0.29, 0.717) is 23.3 Å². The number of aromatic hydroxyl groups is 1. The minimum atomic E-state index is -0.571. The second kappa shape index (κ2) is 14.4. The minimum absolute atomic E-state index is 0.0850. The van der Waals surface area contributed by atoms with Gasteiger partial charge in [0.15, 0.2) is 0 Å². The van der Waals surface area contributed by atoms with E-state index in [2.05, 4.69) is 50.4 Å². The Labute approximate surface area is 286 Å². The average molecular weight is 646 g/mol. The van der Waals surface area contributed by atoms with Gasteiger partial charge in [-0.3, -0.25) is 4.79 Å². The van der Waals surface area contributed by atoms with Crippen molar-refractivity contribution in [2.24, 2.45) is 11.3 Å². The minimum Gasteiger partial charge on any atom is -0.508 e. The van der Waals surface area contributed by atoms with E-state index in [1.54, 1.807) is 24.3 Å². The first-order valence-corrected chi connectivity index (χ1v) is 17.3. The standard InChI is InChI=1S/C43H51NO4/c1-28-26-37(45)24-25-38(28)32-18-22-36(23-19-32)44-40(46)39(27-29-8-10-34(11-9-29)41(47)48-43(5,6)7)33-14-12-30(13-15-33)31-16-20-35(21-17-31)42(2,3)4/h8-15,18-19,22-26,31,35,39,45H,16-17,20-21,27H2,1-7H3,(H,44,46)/t31?,35?,39-/m1/s1. The molecule has 5 nitrogen and oxygen atoms in total. The van der Waals surface area contributed by atoms with Gasteiger partial charge in [0.2, 0.25) is 5.91 Å². The number of rotatable bonds is 8. The Balaban J connectivity index is 1.35. The molecule has 0 saturated heterocycles. The molecule has 0 radical (unpaired) electrons. The number of nitrogens with one attached hydrogen (secondary N) is 1. The summed E-state index contributed by atoms with van der Waals surface area (Å²) in [6, 6.07) is 29.2. The first-order valence-electron chi connectivity index (χ1n) is 17.3. The molecule has 2 N–H and O–H groups in total. The van der Waals surface area contributed by atoms with Gasteiger partial charge in [-0.05, 0) is 147 Å². The highest BCUT2D eigenvalue weighted by molar-refractivity contribution is 5.96. The molecule has 1 saturated carbocycles. The second-order valence-corrected chi connectivity index (χ2v) is 15.6. The van der Waals surface area contributed by atoms with Crippen LogP contribution in [0.4, 0.5) is 5.69 Å². The Hall–Kier alpha value is -4.38. The monoisotopic (exact) mass is 645 g/mol. The Morgan fingerprint density at radius 3 is 2.00 bits per heavy atom. The first kappa shape index (κ1) is 34.9. The predicted molar refractivity (Wildman–Crippen MR) is 196 cm³/mol. The molecule has 1 aliphatic carbocycles. The van der Waals surface area contributed by atoms with Gasteiger partial charge in [-0.25, -0.2) is 4.79 Å². The van der Waals surface area contributed by atoms with Crippen molar-refractivity contribution in [3.8, 4) is 16.9 Å². The number of anilines is 1. The van der Waals surface area contributed by atoms with Crippen LogP contribution in [0.25, 0.3) is 11.1 Å². The number of hydrogen-bond acceptors (Lipinski definition) is 4. The summed E-state index contributed by atoms with van der Waals surface area (Å²) in [5.41, 5.74) is 7.30. The Kier molecular flexibility index (Phi) is 10.5. The van der Waals surface area contributed by atoms with Gasteiger partial charge in [0, 0.05) is 5.69 Å². The van der Waals surface area contributed by atoms with Crippen LogP contribution in [0.5, 0.6) is 5.75 Å². The number of carbonyl (C=O) groups excluding carboxylic acids is 2. The number of esters is 1. The molecule has 0 spiro atoms. The highest BCUT2D eigenvalue weighted by Crippen LogP contribution is 2.43. The molecule has 0 aliphatic heterocycles. The van der Waals surface area contributed by atoms with Crippen LogP contribution in [0.2, 0.25) is 0 Å². The largest absolute Gasteiger partial charge is 0.508 e. The number of carbonyl (C=O) groups is 2. The fraction of sp³-hybridized carbons (Fsp3) is 0.395. The maximum atomic E-state index is 14.0. The second-order valence-electron chi connectivity index (χ2n) is 15.6. The topological polar surface area (TPSA) is 75.6 Å². The van der Waals surface area contributed by atoms with Crippen molar-refractivity contribution in [3.05, 3.63) is 119 Å². The van der Waals surface area contributed by atoms with Crippen LogP contribution in [-0.4, -0.2) is 22.6 Å². The van der Waals surface area contributed by atoms with E-state index >= 15 is 0 Å². The number of phenolic OH excluding ortho intramolecular Hbond substituents is 1. The van der Waals surface area contributed by atoms with Crippen molar-refractivity contribution >= 4 is 17.6 Å². The summed E-state index contributed by atoms with van der Waals surface area (Å²) in [4.78, 5) is 26.6. The molecule has 4 aromatic carbocycles. The molecular weight excluding hydrogens is 594 g/mol. The van der Waals surface area contributed by atoms with E-state index in [1.807, 2.05) is 70.2 Å². The van der Waals surface area contributed by atoms with Gasteiger partial charge < -0.3 is 15.2 Å². The third-order valence-corrected chi connectivity index (χ3v) is 9.78. The molecule has 0 aromatic heterocycles. The quantitative estimate of drug-likeness (QED) is 0.187. The van der Waals surface area contributed by atoms with Crippen molar-refractivity contribution in [3.63, 3.8) is 0 Å². The van der Waals surface area contributed by atoms with Gasteiger partial charge in [0.05, 0.1) is 11.5 Å². The molecule has 1 aliphatic rings. The van der Waals surface area contributed by atoms with E-state index < -0.39 is 11.5 Å². The fourth-order valence-corrected chi connectivity index (χ4v) is 6.94. The Morgan fingerprint density at radius 1 is 0.812 bits per heavy atom. The molecule has 0 bridgehead atoms. The number of benzene rings is 4. The molecule has 0 unspecified atom stereocenters. The molecule has 48 heavy (non-hydrogen) atoms. The number of hydrogen-bond donors (Lipinski definition) is 2. The lowest BCUT2D eigenvalue weighted by atomic mass is 9.68. The molecule has 5 heteroatoms. The van der Waals surface area contributed by atoms with E-state index in [9.17, 15) is 14.7 Å². The summed E-state index contributed by atoms with van der Waals surface area (Å²) < 4.78 is 5.54. The van der Waals surface area contributed by atoms with Gasteiger partial charge in [-0.1, -0.05) is 75.4 Å². The van der Waals surface area contributed by atoms with Crippen molar-refractivity contribution < 1.29 is 19.4 Å². The van der Waals surface area contributed by atoms with Crippen LogP contribution in [0, 0.1) is 18.3 Å². The van der Waals surface area contributed by atoms with E-state index in [4.69, 9.17) is 4.74 Å². The summed E-state index contributed by atoms with van der Waals surface area (Å²) >= 11 is 0. The average Bonchev–Trinajstić information content (AvgIpc) is 3.03. The molecule has 5 rings (SSSR count). The van der Waals surface area contributed by atoms with Crippen LogP contribution in [0.15, 0.2) is 91.0 Å². The number of aryl methyl sites for hydroxylation is 1. The normalized spacial score (nSPS) is 17.4. The SMILES string of the molecule is Cc1cc(O)ccc1-c1ccc(NC(=O)[C@H](Cc2ccc(C(=O)OC(C)(C)C)cc2)c2ccc(C3CCC(C(C)(C)C)CC3)cc2)cc1. The molecule has 252 valence electrons. The maximum Gasteiger partial charge on any atom is 0.338 e. The lowest BCUT2D eigenvalue weighted by molar-refractivity contribution is -0.117. The van der Waals surface area contributed by atoms with Crippen LogP contribution in [0.1, 0.15) is 112 Å². The molecular formula is C43H51NO4. The summed E-state index contributed by atoms with van der Waals surface area (Å²) in [5.74, 6) is 0.691. The van der Waals surface area contributed by atoms with Crippen LogP contribution < -0.4 is 5.32 Å². The highest BCUT2D eigenvalue weighted by atomic mass is 16.6. The highest BCUT2D eigenvalue weighted by Gasteiger charge is 2.30. The third-order valence-electron chi connectivity index (χ3n) is 9.78. The molecule has 1 fully saturated rings. The van der Waals surface area contributed by atoms with E-state index in [0.717, 1.165) is 39.4 Å². The van der Waals surface area contributed by atoms with E-state index in [1.165, 1.54) is 31.2 Å². The third kappa shape index (κ3) is 8.94. The van der Waals surface area contributed by atoms with Gasteiger partial charge in [-0.15, -0.1) is 0 Å². The Bertz CT molecular complexity index is 1700. The smallest absolute Gasteiger partial charge is 0.338 e. The van der Waals surface area contributed by atoms with Gasteiger partial charge in [0.25, 0.3) is 0 Å². The molecule has 1 amide bonds. The van der Waals surface area contributed by atoms with Crippen molar-refractivity contribution in [2.45, 2.75) is 98.0 Å². The van der Waals surface area contributed by atoms with E-state index in [-0.39, 0.29) is 17.6 Å². The van der Waals surface area contributed by atoms with Crippen molar-refractivity contribution in [1.29, 1.82) is 0 Å². The lowest BCUT2D eigenvalue weighted by Gasteiger charge is -2.37. The van der Waals surface area contributed by atoms with Crippen LogP contribution >= 0.6 is 0 Å². The maximum absolute atomic E-state index is 14.0. The summed E-state index contributed by atoms with van der Waals surface area (Å²) in [5, 5.41) is 13.0. The number of amides is 1. The van der Waals surface area contributed by atoms with Gasteiger partial charge in [-0.2, -0.15) is 0 Å².